The molecule has 1 aromatic heterocycles. The molecule has 1 amide bonds. The quantitative estimate of drug-likeness (QED) is 0.875. The first-order valence-corrected chi connectivity index (χ1v) is 6.99. The predicted octanol–water partition coefficient (Wildman–Crippen LogP) is 2.04. The molecule has 5 atom stereocenters. The summed E-state index contributed by atoms with van der Waals surface area (Å²) in [5, 5.41) is 3.08. The number of aromatic nitrogens is 2. The molecule has 2 rings (SSSR count). The molecule has 106 valence electrons. The van der Waals surface area contributed by atoms with Crippen LogP contribution in [0.25, 0.3) is 0 Å². The van der Waals surface area contributed by atoms with Crippen LogP contribution >= 0.6 is 0 Å². The molecule has 1 saturated heterocycles. The molecule has 2 heterocycles. The normalized spacial score (nSPS) is 32.2. The molecular formula is C14H23N3O2. The molecule has 5 nitrogen and oxygen atoms in total. The highest BCUT2D eigenvalue weighted by Gasteiger charge is 2.42. The van der Waals surface area contributed by atoms with Gasteiger partial charge in [0.15, 0.2) is 0 Å². The Kier molecular flexibility index (Phi) is 4.24. The highest BCUT2D eigenvalue weighted by atomic mass is 16.5. The standard InChI is InChI=1S/C14H23N3O2/c1-5-11(13-15-6-7-16-13)17-14(18)12-8(2)9(3)19-10(12)4/h6-12H,5H2,1-4H3,(H,15,16)(H,17,18). The van der Waals surface area contributed by atoms with Crippen LogP contribution in [-0.4, -0.2) is 28.1 Å². The number of aromatic amines is 1. The Morgan fingerprint density at radius 3 is 2.68 bits per heavy atom. The summed E-state index contributed by atoms with van der Waals surface area (Å²) >= 11 is 0. The summed E-state index contributed by atoms with van der Waals surface area (Å²) in [6.07, 6.45) is 4.39. The van der Waals surface area contributed by atoms with Crippen molar-refractivity contribution in [1.82, 2.24) is 15.3 Å². The third-order valence-corrected chi connectivity index (χ3v) is 4.12. The van der Waals surface area contributed by atoms with Crippen LogP contribution in [0.1, 0.15) is 46.0 Å². The minimum absolute atomic E-state index is 0.0286. The second kappa shape index (κ2) is 5.74. The molecule has 0 aromatic carbocycles. The van der Waals surface area contributed by atoms with Crippen molar-refractivity contribution in [3.63, 3.8) is 0 Å². The third-order valence-electron chi connectivity index (χ3n) is 4.12. The van der Waals surface area contributed by atoms with Crippen LogP contribution in [0, 0.1) is 11.8 Å². The maximum absolute atomic E-state index is 12.4. The highest BCUT2D eigenvalue weighted by molar-refractivity contribution is 5.80. The zero-order valence-corrected chi connectivity index (χ0v) is 12.0. The first-order chi connectivity index (χ1) is 9.04. The average molecular weight is 265 g/mol. The van der Waals surface area contributed by atoms with Crippen LogP contribution in [-0.2, 0) is 9.53 Å². The van der Waals surface area contributed by atoms with Gasteiger partial charge in [-0.3, -0.25) is 4.79 Å². The Labute approximate surface area is 114 Å². The van der Waals surface area contributed by atoms with Crippen LogP contribution < -0.4 is 5.32 Å². The molecule has 1 aliphatic heterocycles. The van der Waals surface area contributed by atoms with E-state index in [4.69, 9.17) is 4.74 Å². The Morgan fingerprint density at radius 1 is 1.47 bits per heavy atom. The number of hydrogen-bond donors (Lipinski definition) is 2. The molecule has 0 bridgehead atoms. The van der Waals surface area contributed by atoms with E-state index in [1.54, 1.807) is 12.4 Å². The maximum Gasteiger partial charge on any atom is 0.226 e. The fraction of sp³-hybridized carbons (Fsp3) is 0.714. The Morgan fingerprint density at radius 2 is 2.21 bits per heavy atom. The molecule has 0 aliphatic carbocycles. The SMILES string of the molecule is CCC(NC(=O)C1C(C)OC(C)C1C)c1ncc[nH]1. The van der Waals surface area contributed by atoms with E-state index in [9.17, 15) is 4.79 Å². The van der Waals surface area contributed by atoms with E-state index in [0.717, 1.165) is 12.2 Å². The second-order valence-electron chi connectivity index (χ2n) is 5.38. The predicted molar refractivity (Wildman–Crippen MR) is 72.4 cm³/mol. The molecule has 5 heteroatoms. The van der Waals surface area contributed by atoms with E-state index in [1.807, 2.05) is 20.8 Å². The lowest BCUT2D eigenvalue weighted by Gasteiger charge is -2.21. The van der Waals surface area contributed by atoms with Gasteiger partial charge in [0, 0.05) is 12.4 Å². The Hall–Kier alpha value is -1.36. The van der Waals surface area contributed by atoms with Gasteiger partial charge in [0.1, 0.15) is 5.82 Å². The van der Waals surface area contributed by atoms with E-state index >= 15 is 0 Å². The summed E-state index contributed by atoms with van der Waals surface area (Å²) in [5.41, 5.74) is 0. The van der Waals surface area contributed by atoms with Crippen LogP contribution in [0.4, 0.5) is 0 Å². The van der Waals surface area contributed by atoms with Gasteiger partial charge in [-0.15, -0.1) is 0 Å². The molecule has 19 heavy (non-hydrogen) atoms. The van der Waals surface area contributed by atoms with Crippen molar-refractivity contribution in [1.29, 1.82) is 0 Å². The molecule has 5 unspecified atom stereocenters. The summed E-state index contributed by atoms with van der Waals surface area (Å²) in [6.45, 7) is 8.11. The fourth-order valence-corrected chi connectivity index (χ4v) is 2.82. The topological polar surface area (TPSA) is 67.0 Å². The average Bonchev–Trinajstić information content (AvgIpc) is 2.96. The number of hydrogen-bond acceptors (Lipinski definition) is 3. The third kappa shape index (κ3) is 2.81. The summed E-state index contributed by atoms with van der Waals surface area (Å²) in [4.78, 5) is 19.7. The van der Waals surface area contributed by atoms with Crippen molar-refractivity contribution < 1.29 is 9.53 Å². The van der Waals surface area contributed by atoms with E-state index in [1.165, 1.54) is 0 Å². The van der Waals surface area contributed by atoms with E-state index in [-0.39, 0.29) is 36.0 Å². The van der Waals surface area contributed by atoms with Crippen LogP contribution in [0.5, 0.6) is 0 Å². The monoisotopic (exact) mass is 265 g/mol. The number of carbonyl (C=O) groups excluding carboxylic acids is 1. The molecular weight excluding hydrogens is 242 g/mol. The molecule has 1 fully saturated rings. The van der Waals surface area contributed by atoms with Gasteiger partial charge in [-0.2, -0.15) is 0 Å². The molecule has 2 N–H and O–H groups in total. The summed E-state index contributed by atoms with van der Waals surface area (Å²) < 4.78 is 5.73. The summed E-state index contributed by atoms with van der Waals surface area (Å²) in [6, 6.07) is -0.0576. The smallest absolute Gasteiger partial charge is 0.226 e. The molecule has 0 spiro atoms. The van der Waals surface area contributed by atoms with Gasteiger partial charge in [0.05, 0.1) is 24.2 Å². The van der Waals surface area contributed by atoms with Gasteiger partial charge in [-0.1, -0.05) is 13.8 Å². The van der Waals surface area contributed by atoms with Gasteiger partial charge >= 0.3 is 0 Å². The van der Waals surface area contributed by atoms with Crippen molar-refractivity contribution >= 4 is 5.91 Å². The van der Waals surface area contributed by atoms with Gasteiger partial charge < -0.3 is 15.0 Å². The number of imidazole rings is 1. The fourth-order valence-electron chi connectivity index (χ4n) is 2.82. The summed E-state index contributed by atoms with van der Waals surface area (Å²) in [7, 11) is 0. The highest BCUT2D eigenvalue weighted by Crippen LogP contribution is 2.32. The Balaban J connectivity index is 2.04. The van der Waals surface area contributed by atoms with Crippen LogP contribution in [0.3, 0.4) is 0 Å². The number of nitrogens with zero attached hydrogens (tertiary/aromatic N) is 1. The van der Waals surface area contributed by atoms with Gasteiger partial charge in [-0.25, -0.2) is 4.98 Å². The lowest BCUT2D eigenvalue weighted by atomic mass is 9.88. The summed E-state index contributed by atoms with van der Waals surface area (Å²) in [5.74, 6) is 1.03. The van der Waals surface area contributed by atoms with Crippen LogP contribution in [0.15, 0.2) is 12.4 Å². The largest absolute Gasteiger partial charge is 0.374 e. The number of rotatable bonds is 4. The number of H-pyrrole nitrogens is 1. The lowest BCUT2D eigenvalue weighted by molar-refractivity contribution is -0.128. The molecule has 0 saturated carbocycles. The second-order valence-corrected chi connectivity index (χ2v) is 5.38. The lowest BCUT2D eigenvalue weighted by Crippen LogP contribution is -2.39. The van der Waals surface area contributed by atoms with Crippen LogP contribution in [0.2, 0.25) is 0 Å². The van der Waals surface area contributed by atoms with Crippen molar-refractivity contribution in [2.45, 2.75) is 52.4 Å². The molecule has 1 aromatic rings. The van der Waals surface area contributed by atoms with Crippen molar-refractivity contribution in [2.24, 2.45) is 11.8 Å². The van der Waals surface area contributed by atoms with Gasteiger partial charge in [0.2, 0.25) is 5.91 Å². The molecule has 1 aliphatic rings. The first-order valence-electron chi connectivity index (χ1n) is 6.99. The van der Waals surface area contributed by atoms with Gasteiger partial charge in [0.25, 0.3) is 0 Å². The zero-order chi connectivity index (χ0) is 14.0. The number of carbonyl (C=O) groups is 1. The van der Waals surface area contributed by atoms with Crippen molar-refractivity contribution in [3.8, 4) is 0 Å². The minimum Gasteiger partial charge on any atom is -0.374 e. The van der Waals surface area contributed by atoms with E-state index in [0.29, 0.717) is 0 Å². The zero-order valence-electron chi connectivity index (χ0n) is 12.0. The number of nitrogens with one attached hydrogen (secondary N) is 2. The first kappa shape index (κ1) is 14.1. The van der Waals surface area contributed by atoms with Crippen molar-refractivity contribution in [2.75, 3.05) is 0 Å². The van der Waals surface area contributed by atoms with E-state index < -0.39 is 0 Å². The Bertz CT molecular complexity index is 418. The maximum atomic E-state index is 12.4. The molecule has 0 radical (unpaired) electrons. The minimum atomic E-state index is -0.0842. The van der Waals surface area contributed by atoms with Gasteiger partial charge in [-0.05, 0) is 26.2 Å². The number of amides is 1. The van der Waals surface area contributed by atoms with Crippen molar-refractivity contribution in [3.05, 3.63) is 18.2 Å². The van der Waals surface area contributed by atoms with E-state index in [2.05, 4.69) is 22.2 Å². The number of ether oxygens (including phenoxy) is 1.